The summed E-state index contributed by atoms with van der Waals surface area (Å²) < 4.78 is 24.8. The molecule has 0 radical (unpaired) electrons. The lowest BCUT2D eigenvalue weighted by Gasteiger charge is -2.18. The molecule has 0 saturated carbocycles. The van der Waals surface area contributed by atoms with Crippen LogP contribution in [-0.2, 0) is 9.84 Å². The minimum Gasteiger partial charge on any atom is -0.318 e. The van der Waals surface area contributed by atoms with Gasteiger partial charge in [0.25, 0.3) is 0 Å². The minimum absolute atomic E-state index is 0.256. The van der Waals surface area contributed by atoms with Gasteiger partial charge in [0.15, 0.2) is 9.84 Å². The van der Waals surface area contributed by atoms with Crippen molar-refractivity contribution in [1.29, 1.82) is 0 Å². The van der Waals surface area contributed by atoms with E-state index < -0.39 is 15.1 Å². The SMILES string of the molecule is CNCC(c1ccccc1)S(=O)(=O)CCC(C)C. The van der Waals surface area contributed by atoms with Crippen LogP contribution in [0.25, 0.3) is 0 Å². The van der Waals surface area contributed by atoms with Crippen LogP contribution in [0.4, 0.5) is 0 Å². The summed E-state index contributed by atoms with van der Waals surface area (Å²) in [5.41, 5.74) is 0.871. The molecule has 0 aliphatic heterocycles. The molecular weight excluding hydrogens is 246 g/mol. The van der Waals surface area contributed by atoms with Crippen LogP contribution >= 0.6 is 0 Å². The molecule has 1 N–H and O–H groups in total. The predicted octanol–water partition coefficient (Wildman–Crippen LogP) is 2.41. The monoisotopic (exact) mass is 269 g/mol. The summed E-state index contributed by atoms with van der Waals surface area (Å²) in [5, 5.41) is 2.54. The third-order valence-electron chi connectivity index (χ3n) is 2.97. The Morgan fingerprint density at radius 3 is 2.28 bits per heavy atom. The molecule has 102 valence electrons. The number of benzene rings is 1. The first-order valence-electron chi connectivity index (χ1n) is 6.38. The van der Waals surface area contributed by atoms with E-state index in [4.69, 9.17) is 0 Å². The van der Waals surface area contributed by atoms with Gasteiger partial charge in [0, 0.05) is 6.54 Å². The van der Waals surface area contributed by atoms with Crippen LogP contribution in [0.3, 0.4) is 0 Å². The highest BCUT2D eigenvalue weighted by molar-refractivity contribution is 7.91. The smallest absolute Gasteiger partial charge is 0.158 e. The highest BCUT2D eigenvalue weighted by atomic mass is 32.2. The molecule has 0 aromatic heterocycles. The summed E-state index contributed by atoms with van der Waals surface area (Å²) in [6.45, 7) is 4.56. The molecule has 1 unspecified atom stereocenters. The Hall–Kier alpha value is -0.870. The molecule has 0 fully saturated rings. The summed E-state index contributed by atoms with van der Waals surface area (Å²) in [4.78, 5) is 0. The number of hydrogen-bond acceptors (Lipinski definition) is 3. The lowest BCUT2D eigenvalue weighted by atomic mass is 10.1. The van der Waals surface area contributed by atoms with Gasteiger partial charge in [-0.2, -0.15) is 0 Å². The van der Waals surface area contributed by atoms with Crippen LogP contribution in [0.15, 0.2) is 30.3 Å². The van der Waals surface area contributed by atoms with Crippen molar-refractivity contribution in [1.82, 2.24) is 5.32 Å². The van der Waals surface area contributed by atoms with E-state index in [1.165, 1.54) is 0 Å². The van der Waals surface area contributed by atoms with Crippen LogP contribution < -0.4 is 5.32 Å². The zero-order valence-electron chi connectivity index (χ0n) is 11.4. The van der Waals surface area contributed by atoms with Crippen molar-refractivity contribution in [3.63, 3.8) is 0 Å². The van der Waals surface area contributed by atoms with E-state index in [9.17, 15) is 8.42 Å². The van der Waals surface area contributed by atoms with Crippen molar-refractivity contribution in [2.24, 2.45) is 5.92 Å². The third kappa shape index (κ3) is 4.42. The molecule has 0 aliphatic rings. The summed E-state index contributed by atoms with van der Waals surface area (Å²) >= 11 is 0. The second-order valence-electron chi connectivity index (χ2n) is 5.01. The van der Waals surface area contributed by atoms with E-state index in [1.807, 2.05) is 44.2 Å². The molecule has 4 heteroatoms. The van der Waals surface area contributed by atoms with Gasteiger partial charge in [-0.15, -0.1) is 0 Å². The van der Waals surface area contributed by atoms with Gasteiger partial charge in [0.1, 0.15) is 0 Å². The molecule has 18 heavy (non-hydrogen) atoms. The number of hydrogen-bond donors (Lipinski definition) is 1. The fourth-order valence-electron chi connectivity index (χ4n) is 1.85. The molecule has 1 atom stereocenters. The van der Waals surface area contributed by atoms with E-state index >= 15 is 0 Å². The zero-order chi connectivity index (χ0) is 13.6. The average Bonchev–Trinajstić information content (AvgIpc) is 2.34. The third-order valence-corrected chi connectivity index (χ3v) is 5.08. The van der Waals surface area contributed by atoms with E-state index in [2.05, 4.69) is 5.32 Å². The molecule has 3 nitrogen and oxygen atoms in total. The van der Waals surface area contributed by atoms with Crippen molar-refractivity contribution >= 4 is 9.84 Å². The molecule has 0 heterocycles. The number of nitrogens with one attached hydrogen (secondary N) is 1. The maximum Gasteiger partial charge on any atom is 0.158 e. The van der Waals surface area contributed by atoms with Gasteiger partial charge in [-0.05, 0) is 24.9 Å². The Morgan fingerprint density at radius 2 is 1.78 bits per heavy atom. The molecule has 0 saturated heterocycles. The quantitative estimate of drug-likeness (QED) is 0.827. The van der Waals surface area contributed by atoms with Crippen LogP contribution in [0.2, 0.25) is 0 Å². The number of sulfone groups is 1. The van der Waals surface area contributed by atoms with Crippen molar-refractivity contribution in [2.75, 3.05) is 19.3 Å². The fourth-order valence-corrected chi connectivity index (χ4v) is 3.92. The summed E-state index contributed by atoms with van der Waals surface area (Å²) in [6, 6.07) is 9.44. The number of likely N-dealkylation sites (N-methyl/N-ethyl adjacent to an activating group) is 1. The second-order valence-corrected chi connectivity index (χ2v) is 7.31. The van der Waals surface area contributed by atoms with E-state index in [0.717, 1.165) is 12.0 Å². The zero-order valence-corrected chi connectivity index (χ0v) is 12.2. The van der Waals surface area contributed by atoms with Crippen molar-refractivity contribution in [3.8, 4) is 0 Å². The van der Waals surface area contributed by atoms with Gasteiger partial charge in [-0.3, -0.25) is 0 Å². The molecule has 1 aromatic carbocycles. The Morgan fingerprint density at radius 1 is 1.17 bits per heavy atom. The molecule has 0 aliphatic carbocycles. The second kappa shape index (κ2) is 6.90. The first-order chi connectivity index (χ1) is 8.47. The van der Waals surface area contributed by atoms with Crippen molar-refractivity contribution in [2.45, 2.75) is 25.5 Å². The standard InChI is InChI=1S/C14H23NO2S/c1-12(2)9-10-18(16,17)14(11-15-3)13-7-5-4-6-8-13/h4-8,12,14-15H,9-11H2,1-3H3. The molecule has 0 bridgehead atoms. The number of rotatable bonds is 7. The highest BCUT2D eigenvalue weighted by Gasteiger charge is 2.26. The predicted molar refractivity (Wildman–Crippen MR) is 76.4 cm³/mol. The van der Waals surface area contributed by atoms with Gasteiger partial charge < -0.3 is 5.32 Å². The fraction of sp³-hybridized carbons (Fsp3) is 0.571. The maximum absolute atomic E-state index is 12.4. The minimum atomic E-state index is -3.10. The Labute approximate surface area is 111 Å². The average molecular weight is 269 g/mol. The van der Waals surface area contributed by atoms with Crippen LogP contribution in [-0.4, -0.2) is 27.8 Å². The molecule has 1 aromatic rings. The Kier molecular flexibility index (Phi) is 5.82. The molecule has 0 spiro atoms. The molecular formula is C14H23NO2S. The largest absolute Gasteiger partial charge is 0.318 e. The van der Waals surface area contributed by atoms with Crippen LogP contribution in [0, 0.1) is 5.92 Å². The Bertz CT molecular complexity index is 440. The van der Waals surface area contributed by atoms with Crippen molar-refractivity contribution < 1.29 is 8.42 Å². The Balaban J connectivity index is 2.91. The lowest BCUT2D eigenvalue weighted by molar-refractivity contribution is 0.558. The van der Waals surface area contributed by atoms with E-state index in [1.54, 1.807) is 7.05 Å². The van der Waals surface area contributed by atoms with Crippen LogP contribution in [0.1, 0.15) is 31.1 Å². The molecule has 0 amide bonds. The maximum atomic E-state index is 12.4. The van der Waals surface area contributed by atoms with Gasteiger partial charge in [-0.25, -0.2) is 8.42 Å². The van der Waals surface area contributed by atoms with Gasteiger partial charge in [0.05, 0.1) is 11.0 Å². The summed E-state index contributed by atoms with van der Waals surface area (Å²) in [6.07, 6.45) is 0.718. The normalized spacial score (nSPS) is 13.8. The topological polar surface area (TPSA) is 46.2 Å². The van der Waals surface area contributed by atoms with E-state index in [0.29, 0.717) is 12.5 Å². The van der Waals surface area contributed by atoms with Gasteiger partial charge in [-0.1, -0.05) is 44.2 Å². The van der Waals surface area contributed by atoms with Crippen LogP contribution in [0.5, 0.6) is 0 Å². The van der Waals surface area contributed by atoms with Crippen molar-refractivity contribution in [3.05, 3.63) is 35.9 Å². The van der Waals surface area contributed by atoms with E-state index in [-0.39, 0.29) is 5.75 Å². The highest BCUT2D eigenvalue weighted by Crippen LogP contribution is 2.23. The first kappa shape index (κ1) is 15.2. The summed E-state index contributed by atoms with van der Waals surface area (Å²) in [5.74, 6) is 0.664. The summed E-state index contributed by atoms with van der Waals surface area (Å²) in [7, 11) is -1.31. The van der Waals surface area contributed by atoms with Gasteiger partial charge >= 0.3 is 0 Å². The molecule has 1 rings (SSSR count). The lowest BCUT2D eigenvalue weighted by Crippen LogP contribution is -2.27. The first-order valence-corrected chi connectivity index (χ1v) is 8.10. The van der Waals surface area contributed by atoms with Gasteiger partial charge in [0.2, 0.25) is 0 Å².